The number of hydrogen-bond acceptors (Lipinski definition) is 4. The fraction of sp³-hybridized carbons (Fsp3) is 0.500. The van der Waals surface area contributed by atoms with Gasteiger partial charge in [-0.3, -0.25) is 10.1 Å². The molecular formula is C12H15BrN2O3. The van der Waals surface area contributed by atoms with E-state index in [9.17, 15) is 10.1 Å². The molecule has 0 unspecified atom stereocenters. The van der Waals surface area contributed by atoms with Crippen molar-refractivity contribution in [2.24, 2.45) is 0 Å². The zero-order chi connectivity index (χ0) is 13.0. The summed E-state index contributed by atoms with van der Waals surface area (Å²) in [5.41, 5.74) is 0.0602. The number of nitrogens with zero attached hydrogens (tertiary/aromatic N) is 1. The van der Waals surface area contributed by atoms with Crippen molar-refractivity contribution in [1.82, 2.24) is 5.32 Å². The predicted molar refractivity (Wildman–Crippen MR) is 71.9 cm³/mol. The molecule has 1 heterocycles. The van der Waals surface area contributed by atoms with Gasteiger partial charge < -0.3 is 10.1 Å². The Morgan fingerprint density at radius 3 is 2.94 bits per heavy atom. The molecule has 1 aromatic carbocycles. The van der Waals surface area contributed by atoms with E-state index in [2.05, 4.69) is 21.2 Å². The van der Waals surface area contributed by atoms with Crippen LogP contribution in [0.1, 0.15) is 19.3 Å². The fourth-order valence-corrected chi connectivity index (χ4v) is 2.46. The van der Waals surface area contributed by atoms with Crippen LogP contribution in [0.2, 0.25) is 0 Å². The van der Waals surface area contributed by atoms with Crippen LogP contribution in [-0.4, -0.2) is 24.1 Å². The monoisotopic (exact) mass is 314 g/mol. The van der Waals surface area contributed by atoms with Crippen LogP contribution in [0.15, 0.2) is 22.7 Å². The molecule has 6 heteroatoms. The van der Waals surface area contributed by atoms with Gasteiger partial charge in [-0.1, -0.05) is 6.42 Å². The molecule has 0 radical (unpaired) electrons. The number of non-ortho nitro benzene ring substituents is 1. The first-order chi connectivity index (χ1) is 8.66. The molecule has 18 heavy (non-hydrogen) atoms. The Bertz CT molecular complexity index is 433. The first-order valence-corrected chi connectivity index (χ1v) is 6.76. The van der Waals surface area contributed by atoms with Crippen LogP contribution < -0.4 is 10.1 Å². The van der Waals surface area contributed by atoms with E-state index < -0.39 is 4.92 Å². The Balaban J connectivity index is 1.94. The molecular weight excluding hydrogens is 300 g/mol. The van der Waals surface area contributed by atoms with Crippen LogP contribution in [0.3, 0.4) is 0 Å². The van der Waals surface area contributed by atoms with E-state index in [-0.39, 0.29) is 5.69 Å². The summed E-state index contributed by atoms with van der Waals surface area (Å²) in [4.78, 5) is 10.2. The lowest BCUT2D eigenvalue weighted by Crippen LogP contribution is -2.38. The normalized spacial score (nSPS) is 19.5. The molecule has 1 atom stereocenters. The molecule has 0 saturated carbocycles. The van der Waals surface area contributed by atoms with Crippen LogP contribution in [-0.2, 0) is 0 Å². The van der Waals surface area contributed by atoms with Crippen molar-refractivity contribution in [3.05, 3.63) is 32.8 Å². The molecule has 0 aliphatic carbocycles. The van der Waals surface area contributed by atoms with Gasteiger partial charge in [0, 0.05) is 18.2 Å². The second kappa shape index (κ2) is 6.15. The Morgan fingerprint density at radius 1 is 1.50 bits per heavy atom. The number of nitro groups is 1. The third kappa shape index (κ3) is 3.43. The van der Waals surface area contributed by atoms with Gasteiger partial charge in [-0.2, -0.15) is 0 Å². The molecule has 1 aliphatic heterocycles. The van der Waals surface area contributed by atoms with E-state index in [0.29, 0.717) is 22.9 Å². The summed E-state index contributed by atoms with van der Waals surface area (Å²) in [6.45, 7) is 1.63. The van der Waals surface area contributed by atoms with Crippen LogP contribution in [0.5, 0.6) is 5.75 Å². The summed E-state index contributed by atoms with van der Waals surface area (Å²) >= 11 is 3.29. The Kier molecular flexibility index (Phi) is 4.54. The summed E-state index contributed by atoms with van der Waals surface area (Å²) in [7, 11) is 0. The molecule has 0 aromatic heterocycles. The summed E-state index contributed by atoms with van der Waals surface area (Å²) in [5.74, 6) is 0.646. The minimum absolute atomic E-state index is 0.0602. The summed E-state index contributed by atoms with van der Waals surface area (Å²) in [6.07, 6.45) is 3.56. The topological polar surface area (TPSA) is 64.4 Å². The zero-order valence-corrected chi connectivity index (χ0v) is 11.5. The largest absolute Gasteiger partial charge is 0.491 e. The van der Waals surface area contributed by atoms with Gasteiger partial charge in [0.05, 0.1) is 9.40 Å². The van der Waals surface area contributed by atoms with Crippen LogP contribution in [0, 0.1) is 10.1 Å². The molecule has 1 fully saturated rings. The van der Waals surface area contributed by atoms with E-state index in [1.807, 2.05) is 0 Å². The predicted octanol–water partition coefficient (Wildman–Crippen LogP) is 2.88. The number of hydrogen-bond donors (Lipinski definition) is 1. The van der Waals surface area contributed by atoms with Gasteiger partial charge in [-0.15, -0.1) is 0 Å². The summed E-state index contributed by atoms with van der Waals surface area (Å²) < 4.78 is 6.30. The Labute approximate surface area is 114 Å². The van der Waals surface area contributed by atoms with E-state index in [4.69, 9.17) is 4.74 Å². The third-order valence-corrected chi connectivity index (χ3v) is 3.60. The van der Waals surface area contributed by atoms with Gasteiger partial charge in [-0.05, 0) is 41.4 Å². The molecule has 1 saturated heterocycles. The molecule has 0 bridgehead atoms. The quantitative estimate of drug-likeness (QED) is 0.685. The molecule has 1 aliphatic rings. The number of halogens is 1. The average Bonchev–Trinajstić information content (AvgIpc) is 2.38. The Hall–Kier alpha value is -1.14. The number of piperidine rings is 1. The SMILES string of the molecule is O=[N+]([O-])c1ccc(OC[C@H]2CCCCN2)c(Br)c1. The minimum Gasteiger partial charge on any atom is -0.491 e. The second-order valence-corrected chi connectivity index (χ2v) is 5.18. The lowest BCUT2D eigenvalue weighted by molar-refractivity contribution is -0.385. The van der Waals surface area contributed by atoms with Gasteiger partial charge in [-0.25, -0.2) is 0 Å². The lowest BCUT2D eigenvalue weighted by Gasteiger charge is -2.23. The van der Waals surface area contributed by atoms with E-state index in [1.165, 1.54) is 25.0 Å². The lowest BCUT2D eigenvalue weighted by atomic mass is 10.1. The van der Waals surface area contributed by atoms with Crippen LogP contribution in [0.25, 0.3) is 0 Å². The highest BCUT2D eigenvalue weighted by Gasteiger charge is 2.15. The first kappa shape index (κ1) is 13.3. The minimum atomic E-state index is -0.419. The highest BCUT2D eigenvalue weighted by molar-refractivity contribution is 9.10. The fourth-order valence-electron chi connectivity index (χ4n) is 1.98. The van der Waals surface area contributed by atoms with Crippen molar-refractivity contribution in [2.75, 3.05) is 13.2 Å². The van der Waals surface area contributed by atoms with E-state index >= 15 is 0 Å². The summed E-state index contributed by atoms with van der Waals surface area (Å²) in [6, 6.07) is 4.92. The number of nitrogens with one attached hydrogen (secondary N) is 1. The van der Waals surface area contributed by atoms with Crippen LogP contribution >= 0.6 is 15.9 Å². The number of ether oxygens (including phenoxy) is 1. The highest BCUT2D eigenvalue weighted by atomic mass is 79.9. The van der Waals surface area contributed by atoms with Crippen molar-refractivity contribution in [1.29, 1.82) is 0 Å². The highest BCUT2D eigenvalue weighted by Crippen LogP contribution is 2.29. The smallest absolute Gasteiger partial charge is 0.270 e. The van der Waals surface area contributed by atoms with Crippen molar-refractivity contribution in [3.8, 4) is 5.75 Å². The standard InChI is InChI=1S/C12H15BrN2O3/c13-11-7-10(15(16)17)4-5-12(11)18-8-9-3-1-2-6-14-9/h4-5,7,9,14H,1-3,6,8H2/t9-/m1/s1. The maximum absolute atomic E-state index is 10.6. The van der Waals surface area contributed by atoms with E-state index in [1.54, 1.807) is 6.07 Å². The zero-order valence-electron chi connectivity index (χ0n) is 9.89. The third-order valence-electron chi connectivity index (χ3n) is 2.98. The van der Waals surface area contributed by atoms with E-state index in [0.717, 1.165) is 13.0 Å². The molecule has 0 amide bonds. The van der Waals surface area contributed by atoms with Gasteiger partial charge in [0.25, 0.3) is 5.69 Å². The number of rotatable bonds is 4. The number of benzene rings is 1. The first-order valence-electron chi connectivity index (χ1n) is 5.97. The molecule has 0 spiro atoms. The molecule has 98 valence electrons. The Morgan fingerprint density at radius 2 is 2.33 bits per heavy atom. The van der Waals surface area contributed by atoms with Crippen LogP contribution in [0.4, 0.5) is 5.69 Å². The van der Waals surface area contributed by atoms with Crippen molar-refractivity contribution in [3.63, 3.8) is 0 Å². The maximum atomic E-state index is 10.6. The average molecular weight is 315 g/mol. The molecule has 5 nitrogen and oxygen atoms in total. The van der Waals surface area contributed by atoms with Gasteiger partial charge in [0.15, 0.2) is 0 Å². The van der Waals surface area contributed by atoms with Crippen molar-refractivity contribution >= 4 is 21.6 Å². The molecule has 2 rings (SSSR count). The second-order valence-electron chi connectivity index (χ2n) is 4.33. The molecule has 1 N–H and O–H groups in total. The maximum Gasteiger partial charge on any atom is 0.270 e. The van der Waals surface area contributed by atoms with Gasteiger partial charge >= 0.3 is 0 Å². The summed E-state index contributed by atoms with van der Waals surface area (Å²) in [5, 5.41) is 14.0. The van der Waals surface area contributed by atoms with Gasteiger partial charge in [0.2, 0.25) is 0 Å². The van der Waals surface area contributed by atoms with Crippen molar-refractivity contribution < 1.29 is 9.66 Å². The number of nitro benzene ring substituents is 1. The van der Waals surface area contributed by atoms with Gasteiger partial charge in [0.1, 0.15) is 12.4 Å². The van der Waals surface area contributed by atoms with Crippen molar-refractivity contribution in [2.45, 2.75) is 25.3 Å². The molecule has 1 aromatic rings.